The highest BCUT2D eigenvalue weighted by atomic mass is 16.5. The number of benzene rings is 2. The molecule has 1 aromatic heterocycles. The van der Waals surface area contributed by atoms with Gasteiger partial charge in [0.25, 0.3) is 5.91 Å². The second-order valence-electron chi connectivity index (χ2n) is 8.14. The van der Waals surface area contributed by atoms with Crippen LogP contribution < -0.4 is 20.1 Å². The highest BCUT2D eigenvalue weighted by molar-refractivity contribution is 6.15. The average molecular weight is 435 g/mol. The van der Waals surface area contributed by atoms with E-state index in [1.165, 1.54) is 25.5 Å². The first-order valence-electron chi connectivity index (χ1n) is 11.0. The van der Waals surface area contributed by atoms with E-state index in [9.17, 15) is 14.8 Å². The molecule has 7 nitrogen and oxygen atoms in total. The summed E-state index contributed by atoms with van der Waals surface area (Å²) in [7, 11) is 1.59. The van der Waals surface area contributed by atoms with E-state index in [1.54, 1.807) is 31.4 Å². The predicted molar refractivity (Wildman–Crippen MR) is 121 cm³/mol. The minimum atomic E-state index is -0.423. The Morgan fingerprint density at radius 2 is 1.75 bits per heavy atom. The summed E-state index contributed by atoms with van der Waals surface area (Å²) in [6, 6.07) is 14.1. The van der Waals surface area contributed by atoms with Crippen LogP contribution in [0.25, 0.3) is 10.8 Å². The Kier molecular flexibility index (Phi) is 6.54. The number of amides is 2. The second kappa shape index (κ2) is 9.68. The number of hydrogen-bond acceptors (Lipinski definition) is 4. The first-order valence-corrected chi connectivity index (χ1v) is 11.0. The maximum atomic E-state index is 13.1. The van der Waals surface area contributed by atoms with Crippen molar-refractivity contribution in [2.45, 2.75) is 32.1 Å². The molecule has 3 aromatic rings. The number of aromatic nitrogens is 1. The lowest BCUT2D eigenvalue weighted by Crippen LogP contribution is -2.43. The summed E-state index contributed by atoms with van der Waals surface area (Å²) in [5, 5.41) is 17.6. The molecule has 1 aliphatic rings. The Bertz CT molecular complexity index is 1140. The van der Waals surface area contributed by atoms with E-state index < -0.39 is 5.91 Å². The van der Waals surface area contributed by atoms with Gasteiger partial charge in [0.1, 0.15) is 11.4 Å². The van der Waals surface area contributed by atoms with Crippen LogP contribution in [-0.4, -0.2) is 30.7 Å². The molecule has 0 unspecified atom stereocenters. The van der Waals surface area contributed by atoms with Gasteiger partial charge in [0.2, 0.25) is 6.20 Å². The summed E-state index contributed by atoms with van der Waals surface area (Å²) in [6.07, 6.45) is 7.18. The molecule has 7 heteroatoms. The van der Waals surface area contributed by atoms with Crippen molar-refractivity contribution >= 4 is 28.3 Å². The van der Waals surface area contributed by atoms with Crippen LogP contribution in [0.4, 0.5) is 5.69 Å². The van der Waals surface area contributed by atoms with Crippen molar-refractivity contribution in [3.05, 3.63) is 66.0 Å². The highest BCUT2D eigenvalue weighted by Gasteiger charge is 2.27. The molecule has 1 heterocycles. The zero-order valence-electron chi connectivity index (χ0n) is 18.1. The summed E-state index contributed by atoms with van der Waals surface area (Å²) >= 11 is 0. The van der Waals surface area contributed by atoms with Gasteiger partial charge in [-0.1, -0.05) is 43.5 Å². The predicted octanol–water partition coefficient (Wildman–Crippen LogP) is 3.94. The lowest BCUT2D eigenvalue weighted by molar-refractivity contribution is -0.905. The van der Waals surface area contributed by atoms with Gasteiger partial charge < -0.3 is 15.4 Å². The fourth-order valence-corrected chi connectivity index (χ4v) is 4.37. The van der Waals surface area contributed by atoms with Crippen LogP contribution >= 0.6 is 0 Å². The van der Waals surface area contributed by atoms with Crippen molar-refractivity contribution in [2.24, 2.45) is 5.92 Å². The van der Waals surface area contributed by atoms with Crippen LogP contribution in [0.15, 0.2) is 54.7 Å². The molecule has 3 N–H and O–H groups in total. The quantitative estimate of drug-likeness (QED) is 0.405. The third-order valence-corrected chi connectivity index (χ3v) is 6.06. The number of nitrogens with zero attached hydrogens (tertiary/aromatic N) is 1. The van der Waals surface area contributed by atoms with Gasteiger partial charge in [0.05, 0.1) is 7.11 Å². The van der Waals surface area contributed by atoms with Gasteiger partial charge in [0, 0.05) is 28.3 Å². The van der Waals surface area contributed by atoms with E-state index >= 15 is 0 Å². The Hall–Kier alpha value is -3.61. The van der Waals surface area contributed by atoms with Crippen molar-refractivity contribution in [1.29, 1.82) is 0 Å². The number of carbonyl (C=O) groups excluding carboxylic acids is 2. The number of methoxy groups -OCH3 is 1. The first-order chi connectivity index (χ1) is 15.6. The van der Waals surface area contributed by atoms with Gasteiger partial charge in [-0.25, -0.2) is 0 Å². The molecular weight excluding hydrogens is 406 g/mol. The standard InChI is InChI=1S/C25H27N3O4/c1-32-22-14-13-20(18-10-5-6-11-19(18)22)24(29)27-21-12-7-15-28(31)23(21)25(30)26-16-17-8-3-2-4-9-17/h5-7,10-15,17H,2-4,8-9,16H2,1H3,(H2-,26,27,29,30,31)/p+1. The maximum Gasteiger partial charge on any atom is 0.344 e. The van der Waals surface area contributed by atoms with E-state index in [2.05, 4.69) is 10.6 Å². The maximum absolute atomic E-state index is 13.1. The Labute approximate surface area is 187 Å². The fourth-order valence-electron chi connectivity index (χ4n) is 4.37. The van der Waals surface area contributed by atoms with E-state index in [-0.39, 0.29) is 17.3 Å². The normalized spacial score (nSPS) is 14.2. The zero-order valence-corrected chi connectivity index (χ0v) is 18.1. The summed E-state index contributed by atoms with van der Waals surface area (Å²) in [4.78, 5) is 26.0. The lowest BCUT2D eigenvalue weighted by Gasteiger charge is -2.21. The van der Waals surface area contributed by atoms with E-state index in [0.717, 1.165) is 28.3 Å². The number of anilines is 1. The number of ether oxygens (including phenoxy) is 1. The van der Waals surface area contributed by atoms with Gasteiger partial charge in [0.15, 0.2) is 0 Å². The third kappa shape index (κ3) is 4.51. The minimum absolute atomic E-state index is 0.00511. The molecule has 4 rings (SSSR count). The molecule has 0 bridgehead atoms. The van der Waals surface area contributed by atoms with E-state index in [0.29, 0.717) is 23.8 Å². The summed E-state index contributed by atoms with van der Waals surface area (Å²) in [5.41, 5.74) is 0.679. The molecule has 166 valence electrons. The smallest absolute Gasteiger partial charge is 0.344 e. The highest BCUT2D eigenvalue weighted by Crippen LogP contribution is 2.29. The molecular formula is C25H28N3O4+. The molecule has 32 heavy (non-hydrogen) atoms. The number of pyridine rings is 1. The number of fused-ring (bicyclic) bond motifs is 1. The average Bonchev–Trinajstić information content (AvgIpc) is 2.82. The molecule has 1 aliphatic carbocycles. The molecule has 1 saturated carbocycles. The first kappa shape index (κ1) is 21.6. The van der Waals surface area contributed by atoms with Crippen molar-refractivity contribution < 1.29 is 24.3 Å². The third-order valence-electron chi connectivity index (χ3n) is 6.06. The molecule has 2 aromatic carbocycles. The van der Waals surface area contributed by atoms with Gasteiger partial charge in [-0.15, -0.1) is 0 Å². The molecule has 0 spiro atoms. The van der Waals surface area contributed by atoms with Crippen molar-refractivity contribution in [2.75, 3.05) is 19.0 Å². The van der Waals surface area contributed by atoms with Gasteiger partial charge in [-0.05, 0) is 42.3 Å². The van der Waals surface area contributed by atoms with Crippen LogP contribution in [0.2, 0.25) is 0 Å². The summed E-state index contributed by atoms with van der Waals surface area (Å²) in [6.45, 7) is 0.560. The summed E-state index contributed by atoms with van der Waals surface area (Å²) < 4.78 is 6.15. The largest absolute Gasteiger partial charge is 0.496 e. The van der Waals surface area contributed by atoms with E-state index in [1.807, 2.05) is 24.3 Å². The molecule has 0 atom stereocenters. The second-order valence-corrected chi connectivity index (χ2v) is 8.14. The van der Waals surface area contributed by atoms with Gasteiger partial charge in [-0.2, -0.15) is 0 Å². The minimum Gasteiger partial charge on any atom is -0.496 e. The Morgan fingerprint density at radius 1 is 1.00 bits per heavy atom. The lowest BCUT2D eigenvalue weighted by atomic mass is 9.89. The molecule has 0 aliphatic heterocycles. The molecule has 0 saturated heterocycles. The van der Waals surface area contributed by atoms with Crippen molar-refractivity contribution in [3.8, 4) is 5.75 Å². The van der Waals surface area contributed by atoms with E-state index in [4.69, 9.17) is 4.74 Å². The van der Waals surface area contributed by atoms with Crippen LogP contribution in [0.5, 0.6) is 5.75 Å². The number of carbonyl (C=O) groups is 2. The SMILES string of the molecule is COc1ccc(C(=O)Nc2ccc[n+](O)c2C(=O)NCC2CCCCC2)c2ccccc12. The van der Waals surface area contributed by atoms with Gasteiger partial charge in [-0.3, -0.25) is 14.8 Å². The zero-order chi connectivity index (χ0) is 22.5. The summed E-state index contributed by atoms with van der Waals surface area (Å²) in [5.74, 6) is 0.324. The number of hydrogen-bond donors (Lipinski definition) is 3. The topological polar surface area (TPSA) is 91.5 Å². The Balaban J connectivity index is 1.57. The monoisotopic (exact) mass is 434 g/mol. The van der Waals surface area contributed by atoms with Crippen molar-refractivity contribution in [1.82, 2.24) is 5.32 Å². The molecule has 1 fully saturated rings. The Morgan fingerprint density at radius 3 is 2.50 bits per heavy atom. The van der Waals surface area contributed by atoms with Crippen molar-refractivity contribution in [3.63, 3.8) is 0 Å². The van der Waals surface area contributed by atoms with Crippen LogP contribution in [0, 0.1) is 5.92 Å². The van der Waals surface area contributed by atoms with Crippen LogP contribution in [0.1, 0.15) is 53.0 Å². The number of rotatable bonds is 6. The van der Waals surface area contributed by atoms with Crippen LogP contribution in [-0.2, 0) is 0 Å². The van der Waals surface area contributed by atoms with Crippen LogP contribution in [0.3, 0.4) is 0 Å². The molecule has 2 amide bonds. The fraction of sp³-hybridized carbons (Fsp3) is 0.320. The van der Waals surface area contributed by atoms with Gasteiger partial charge >= 0.3 is 11.6 Å². The number of nitrogens with one attached hydrogen (secondary N) is 2. The molecule has 0 radical (unpaired) electrons.